The summed E-state index contributed by atoms with van der Waals surface area (Å²) in [6.45, 7) is 11.0. The first kappa shape index (κ1) is 14.4. The second-order valence-corrected chi connectivity index (χ2v) is 11.4. The summed E-state index contributed by atoms with van der Waals surface area (Å²) in [7, 11) is -1.79. The van der Waals surface area contributed by atoms with E-state index in [1.54, 1.807) is 0 Å². The van der Waals surface area contributed by atoms with Crippen LogP contribution in [0.4, 0.5) is 0 Å². The third-order valence-corrected chi connectivity index (χ3v) is 8.84. The minimum absolute atomic E-state index is 0.0368. The Hall–Kier alpha value is 0.377. The molecule has 1 rings (SSSR count). The predicted octanol–water partition coefficient (Wildman–Crippen LogP) is 3.13. The number of alkyl halides is 1. The first-order chi connectivity index (χ1) is 7.17. The molecule has 0 spiro atoms. The third kappa shape index (κ3) is 3.19. The largest absolute Gasteiger partial charge is 0.459 e. The number of carbonyl (C=O) groups is 1. The van der Waals surface area contributed by atoms with Crippen molar-refractivity contribution in [1.82, 2.24) is 0 Å². The highest BCUT2D eigenvalue weighted by Gasteiger charge is 2.44. The summed E-state index contributed by atoms with van der Waals surface area (Å²) in [5.41, 5.74) is 0. The molecule has 1 aliphatic rings. The molecule has 5 heteroatoms. The number of cyclic esters (lactones) is 1. The van der Waals surface area contributed by atoms with Crippen molar-refractivity contribution in [2.24, 2.45) is 0 Å². The van der Waals surface area contributed by atoms with Crippen LogP contribution in [0.15, 0.2) is 0 Å². The average molecular weight is 356 g/mol. The smallest absolute Gasteiger partial charge is 0.308 e. The maximum Gasteiger partial charge on any atom is 0.308 e. The molecule has 94 valence electrons. The first-order valence-electron chi connectivity index (χ1n) is 5.60. The van der Waals surface area contributed by atoms with E-state index in [0.29, 0.717) is 6.42 Å². The number of hydrogen-bond acceptors (Lipinski definition) is 3. The number of carbonyl (C=O) groups excluding carboxylic acids is 1. The van der Waals surface area contributed by atoms with Gasteiger partial charge in [0.1, 0.15) is 6.10 Å². The van der Waals surface area contributed by atoms with Gasteiger partial charge in [0.2, 0.25) is 0 Å². The number of ether oxygens (including phenoxy) is 1. The van der Waals surface area contributed by atoms with Gasteiger partial charge in [0.15, 0.2) is 8.32 Å². The van der Waals surface area contributed by atoms with Gasteiger partial charge in [0, 0.05) is 4.43 Å². The Morgan fingerprint density at radius 3 is 2.50 bits per heavy atom. The normalized spacial score (nSPS) is 27.0. The lowest BCUT2D eigenvalue weighted by Gasteiger charge is -2.38. The van der Waals surface area contributed by atoms with Crippen molar-refractivity contribution in [2.45, 2.75) is 57.5 Å². The zero-order chi connectivity index (χ0) is 12.6. The maximum atomic E-state index is 11.3. The van der Waals surface area contributed by atoms with Crippen LogP contribution >= 0.6 is 22.6 Å². The Bertz CT molecular complexity index is 273. The van der Waals surface area contributed by atoms with Crippen molar-refractivity contribution in [3.63, 3.8) is 0 Å². The lowest BCUT2D eigenvalue weighted by atomic mass is 10.2. The van der Waals surface area contributed by atoms with Gasteiger partial charge in [-0.25, -0.2) is 0 Å². The van der Waals surface area contributed by atoms with Crippen molar-refractivity contribution in [3.8, 4) is 0 Å². The number of esters is 1. The molecule has 3 nitrogen and oxygen atoms in total. The van der Waals surface area contributed by atoms with E-state index < -0.39 is 8.32 Å². The topological polar surface area (TPSA) is 35.5 Å². The summed E-state index contributed by atoms with van der Waals surface area (Å²) in [5.74, 6) is -0.120. The van der Waals surface area contributed by atoms with Crippen molar-refractivity contribution >= 4 is 36.9 Å². The number of hydrogen-bond donors (Lipinski definition) is 0. The molecule has 0 unspecified atom stereocenters. The second-order valence-electron chi connectivity index (χ2n) is 5.80. The summed E-state index contributed by atoms with van der Waals surface area (Å²) in [6.07, 6.45) is 0.327. The molecule has 0 aromatic heterocycles. The molecular formula is C11H21IO3Si. The van der Waals surface area contributed by atoms with Crippen LogP contribution in [-0.2, 0) is 14.0 Å². The van der Waals surface area contributed by atoms with E-state index in [9.17, 15) is 4.79 Å². The molecule has 0 aromatic rings. The minimum atomic E-state index is -1.79. The van der Waals surface area contributed by atoms with Crippen LogP contribution in [0.1, 0.15) is 27.2 Å². The summed E-state index contributed by atoms with van der Waals surface area (Å²) in [4.78, 5) is 11.3. The third-order valence-electron chi connectivity index (χ3n) is 3.47. The molecule has 2 atom stereocenters. The summed E-state index contributed by atoms with van der Waals surface area (Å²) < 4.78 is 12.3. The molecule has 0 amide bonds. The van der Waals surface area contributed by atoms with E-state index in [0.717, 1.165) is 4.43 Å². The lowest BCUT2D eigenvalue weighted by molar-refractivity contribution is -0.140. The summed E-state index contributed by atoms with van der Waals surface area (Å²) >= 11 is 2.25. The average Bonchev–Trinajstić information content (AvgIpc) is 2.43. The Balaban J connectivity index is 2.70. The van der Waals surface area contributed by atoms with Gasteiger partial charge >= 0.3 is 5.97 Å². The van der Waals surface area contributed by atoms with Crippen LogP contribution < -0.4 is 0 Å². The molecular weight excluding hydrogens is 335 g/mol. The Morgan fingerprint density at radius 1 is 1.50 bits per heavy atom. The van der Waals surface area contributed by atoms with Crippen LogP contribution in [0.5, 0.6) is 0 Å². The van der Waals surface area contributed by atoms with E-state index in [-0.39, 0.29) is 23.2 Å². The van der Waals surface area contributed by atoms with Gasteiger partial charge < -0.3 is 9.16 Å². The fourth-order valence-electron chi connectivity index (χ4n) is 1.39. The SMILES string of the molecule is CC(C)(C)[Si](C)(C)O[C@@H]1CC(=O)O[C@H]1CI. The molecule has 0 aliphatic carbocycles. The van der Waals surface area contributed by atoms with Crippen molar-refractivity contribution < 1.29 is 14.0 Å². The molecule has 1 aliphatic heterocycles. The van der Waals surface area contributed by atoms with Crippen LogP contribution in [0.3, 0.4) is 0 Å². The Kier molecular flexibility index (Phi) is 4.45. The molecule has 0 N–H and O–H groups in total. The fraction of sp³-hybridized carbons (Fsp3) is 0.909. The van der Waals surface area contributed by atoms with Crippen LogP contribution in [-0.4, -0.2) is 30.9 Å². The molecule has 1 saturated heterocycles. The standard InChI is InChI=1S/C11H21IO3Si/c1-11(2,3)16(4,5)15-8-6-10(13)14-9(8)7-12/h8-9H,6-7H2,1-5H3/t8-,9+/m1/s1. The first-order valence-corrected chi connectivity index (χ1v) is 10.0. The van der Waals surface area contributed by atoms with E-state index in [1.165, 1.54) is 0 Å². The molecule has 0 aromatic carbocycles. The molecule has 16 heavy (non-hydrogen) atoms. The molecule has 1 heterocycles. The van der Waals surface area contributed by atoms with Crippen molar-refractivity contribution in [1.29, 1.82) is 0 Å². The van der Waals surface area contributed by atoms with Gasteiger partial charge in [0.05, 0.1) is 12.5 Å². The summed E-state index contributed by atoms with van der Waals surface area (Å²) in [5, 5.41) is 0.175. The van der Waals surface area contributed by atoms with E-state index in [1.807, 2.05) is 0 Å². The maximum absolute atomic E-state index is 11.3. The highest BCUT2D eigenvalue weighted by atomic mass is 127. The number of halogens is 1. The van der Waals surface area contributed by atoms with Gasteiger partial charge in [-0.15, -0.1) is 0 Å². The van der Waals surface area contributed by atoms with E-state index >= 15 is 0 Å². The highest BCUT2D eigenvalue weighted by Crippen LogP contribution is 2.39. The quantitative estimate of drug-likeness (QED) is 0.337. The molecule has 0 bridgehead atoms. The van der Waals surface area contributed by atoms with Crippen molar-refractivity contribution in [3.05, 3.63) is 0 Å². The zero-order valence-corrected chi connectivity index (χ0v) is 13.8. The van der Waals surface area contributed by atoms with E-state index in [2.05, 4.69) is 56.5 Å². The van der Waals surface area contributed by atoms with Crippen molar-refractivity contribution in [2.75, 3.05) is 4.43 Å². The van der Waals surface area contributed by atoms with Gasteiger partial charge in [-0.1, -0.05) is 43.4 Å². The van der Waals surface area contributed by atoms with Gasteiger partial charge in [-0.05, 0) is 18.1 Å². The zero-order valence-electron chi connectivity index (χ0n) is 10.7. The Labute approximate surface area is 113 Å². The van der Waals surface area contributed by atoms with Gasteiger partial charge in [0.25, 0.3) is 0 Å². The van der Waals surface area contributed by atoms with Crippen LogP contribution in [0.2, 0.25) is 18.1 Å². The van der Waals surface area contributed by atoms with E-state index in [4.69, 9.17) is 9.16 Å². The lowest BCUT2D eigenvalue weighted by Crippen LogP contribution is -2.46. The van der Waals surface area contributed by atoms with Gasteiger partial charge in [-0.2, -0.15) is 0 Å². The highest BCUT2D eigenvalue weighted by molar-refractivity contribution is 14.1. The Morgan fingerprint density at radius 2 is 2.06 bits per heavy atom. The monoisotopic (exact) mass is 356 g/mol. The minimum Gasteiger partial charge on any atom is -0.459 e. The predicted molar refractivity (Wildman–Crippen MR) is 75.5 cm³/mol. The number of rotatable bonds is 3. The fourth-order valence-corrected chi connectivity index (χ4v) is 3.48. The summed E-state index contributed by atoms with van der Waals surface area (Å²) in [6, 6.07) is 0. The molecule has 0 radical (unpaired) electrons. The van der Waals surface area contributed by atoms with Gasteiger partial charge in [-0.3, -0.25) is 4.79 Å². The molecule has 0 saturated carbocycles. The molecule has 1 fully saturated rings. The van der Waals surface area contributed by atoms with Crippen LogP contribution in [0.25, 0.3) is 0 Å². The second kappa shape index (κ2) is 4.94. The van der Waals surface area contributed by atoms with Crippen LogP contribution in [0, 0.1) is 0 Å².